The van der Waals surface area contributed by atoms with Crippen LogP contribution in [0.2, 0.25) is 0 Å². The summed E-state index contributed by atoms with van der Waals surface area (Å²) in [5, 5.41) is 3.63. The molecule has 1 aromatic carbocycles. The van der Waals surface area contributed by atoms with Gasteiger partial charge < -0.3 is 4.90 Å². The molecule has 2 unspecified atom stereocenters. The van der Waals surface area contributed by atoms with E-state index in [4.69, 9.17) is 0 Å². The Morgan fingerprint density at radius 2 is 2.10 bits per heavy atom. The molecule has 1 amide bonds. The maximum Gasteiger partial charge on any atom is 0.244 e. The molecular weight excluding hydrogens is 260 g/mol. The smallest absolute Gasteiger partial charge is 0.244 e. The second kappa shape index (κ2) is 5.13. The summed E-state index contributed by atoms with van der Waals surface area (Å²) >= 11 is 0. The zero-order chi connectivity index (χ0) is 15.2. The minimum atomic E-state index is -0.246. The van der Waals surface area contributed by atoms with Crippen LogP contribution in [0.25, 0.3) is 0 Å². The van der Waals surface area contributed by atoms with Gasteiger partial charge in [-0.1, -0.05) is 37.1 Å². The highest BCUT2D eigenvalue weighted by Crippen LogP contribution is 2.47. The van der Waals surface area contributed by atoms with Gasteiger partial charge in [0.05, 0.1) is 0 Å². The van der Waals surface area contributed by atoms with E-state index in [1.165, 1.54) is 16.7 Å². The standard InChI is InChI=1S/C18H26N2O/c1-5-6-14(4)20-16(19-18(9-10-18)17(20)21)15-8-7-12(2)11-13(15)3/h7-8,11,14,16,19H,5-6,9-10H2,1-4H3. The van der Waals surface area contributed by atoms with Crippen molar-refractivity contribution in [2.45, 2.75) is 71.1 Å². The monoisotopic (exact) mass is 286 g/mol. The van der Waals surface area contributed by atoms with Gasteiger partial charge in [0.25, 0.3) is 0 Å². The van der Waals surface area contributed by atoms with Gasteiger partial charge in [0.15, 0.2) is 0 Å². The van der Waals surface area contributed by atoms with Crippen molar-refractivity contribution in [2.75, 3.05) is 0 Å². The van der Waals surface area contributed by atoms with Gasteiger partial charge in [-0.05, 0) is 51.2 Å². The third kappa shape index (κ3) is 2.38. The second-order valence-corrected chi connectivity index (χ2v) is 6.84. The van der Waals surface area contributed by atoms with E-state index in [2.05, 4.69) is 56.1 Å². The van der Waals surface area contributed by atoms with Crippen molar-refractivity contribution in [1.29, 1.82) is 0 Å². The van der Waals surface area contributed by atoms with Crippen molar-refractivity contribution < 1.29 is 4.79 Å². The third-order valence-corrected chi connectivity index (χ3v) is 4.99. The molecule has 2 aliphatic rings. The number of rotatable bonds is 4. The predicted molar refractivity (Wildman–Crippen MR) is 85.0 cm³/mol. The molecular formula is C18H26N2O. The molecule has 2 fully saturated rings. The number of aryl methyl sites for hydroxylation is 2. The number of hydrogen-bond donors (Lipinski definition) is 1. The van der Waals surface area contributed by atoms with Crippen molar-refractivity contribution in [3.8, 4) is 0 Å². The maximum atomic E-state index is 12.8. The fraction of sp³-hybridized carbons (Fsp3) is 0.611. The Labute approximate surface area is 127 Å². The minimum Gasteiger partial charge on any atom is -0.319 e. The van der Waals surface area contributed by atoms with E-state index in [0.29, 0.717) is 11.9 Å². The summed E-state index contributed by atoms with van der Waals surface area (Å²) in [5.41, 5.74) is 3.55. The first-order valence-corrected chi connectivity index (χ1v) is 8.16. The molecule has 1 N–H and O–H groups in total. The van der Waals surface area contributed by atoms with Crippen LogP contribution in [0.15, 0.2) is 18.2 Å². The summed E-state index contributed by atoms with van der Waals surface area (Å²) in [7, 11) is 0. The van der Waals surface area contributed by atoms with Gasteiger partial charge in [0.2, 0.25) is 5.91 Å². The lowest BCUT2D eigenvalue weighted by atomic mass is 10.0. The Balaban J connectivity index is 1.96. The molecule has 3 heteroatoms. The largest absolute Gasteiger partial charge is 0.319 e. The van der Waals surface area contributed by atoms with Gasteiger partial charge in [-0.15, -0.1) is 0 Å². The molecule has 1 heterocycles. The van der Waals surface area contributed by atoms with Crippen LogP contribution in [0.5, 0.6) is 0 Å². The van der Waals surface area contributed by atoms with Crippen molar-refractivity contribution >= 4 is 5.91 Å². The van der Waals surface area contributed by atoms with Crippen LogP contribution in [0.4, 0.5) is 0 Å². The Morgan fingerprint density at radius 3 is 2.67 bits per heavy atom. The first-order valence-electron chi connectivity index (χ1n) is 8.16. The normalized spacial score (nSPS) is 24.7. The van der Waals surface area contributed by atoms with Gasteiger partial charge in [-0.3, -0.25) is 10.1 Å². The molecule has 1 spiro atoms. The van der Waals surface area contributed by atoms with Gasteiger partial charge >= 0.3 is 0 Å². The van der Waals surface area contributed by atoms with Crippen LogP contribution < -0.4 is 5.32 Å². The number of nitrogens with one attached hydrogen (secondary N) is 1. The van der Waals surface area contributed by atoms with E-state index in [1.807, 2.05) is 0 Å². The molecule has 2 atom stereocenters. The molecule has 1 aliphatic heterocycles. The average molecular weight is 286 g/mol. The van der Waals surface area contributed by atoms with Crippen LogP contribution in [0.3, 0.4) is 0 Å². The number of amides is 1. The summed E-state index contributed by atoms with van der Waals surface area (Å²) < 4.78 is 0. The van der Waals surface area contributed by atoms with Crippen LogP contribution in [0, 0.1) is 13.8 Å². The molecule has 3 nitrogen and oxygen atoms in total. The molecule has 1 aliphatic carbocycles. The SMILES string of the molecule is CCCC(C)N1C(=O)C2(CC2)NC1c1ccc(C)cc1C. The maximum absolute atomic E-state index is 12.8. The molecule has 1 aromatic rings. The zero-order valence-electron chi connectivity index (χ0n) is 13.6. The molecule has 21 heavy (non-hydrogen) atoms. The van der Waals surface area contributed by atoms with Crippen molar-refractivity contribution in [1.82, 2.24) is 10.2 Å². The van der Waals surface area contributed by atoms with Crippen molar-refractivity contribution in [3.63, 3.8) is 0 Å². The van der Waals surface area contributed by atoms with Crippen LogP contribution >= 0.6 is 0 Å². The summed E-state index contributed by atoms with van der Waals surface area (Å²) in [6, 6.07) is 6.83. The highest BCUT2D eigenvalue weighted by Gasteiger charge is 2.60. The molecule has 0 bridgehead atoms. The number of benzene rings is 1. The highest BCUT2D eigenvalue weighted by molar-refractivity contribution is 5.92. The van der Waals surface area contributed by atoms with Crippen molar-refractivity contribution in [2.24, 2.45) is 0 Å². The van der Waals surface area contributed by atoms with Crippen LogP contribution in [0.1, 0.15) is 62.4 Å². The van der Waals surface area contributed by atoms with E-state index < -0.39 is 0 Å². The Hall–Kier alpha value is -1.35. The van der Waals surface area contributed by atoms with E-state index in [0.717, 1.165) is 25.7 Å². The molecule has 114 valence electrons. The second-order valence-electron chi connectivity index (χ2n) is 6.84. The summed E-state index contributed by atoms with van der Waals surface area (Å²) in [5.74, 6) is 0.313. The van der Waals surface area contributed by atoms with E-state index in [1.54, 1.807) is 0 Å². The molecule has 3 rings (SSSR count). The molecule has 1 saturated heterocycles. The van der Waals surface area contributed by atoms with E-state index in [-0.39, 0.29) is 11.7 Å². The van der Waals surface area contributed by atoms with Gasteiger partial charge in [-0.2, -0.15) is 0 Å². The Morgan fingerprint density at radius 1 is 1.38 bits per heavy atom. The Kier molecular flexibility index (Phi) is 3.56. The average Bonchev–Trinajstić information content (AvgIpc) is 3.13. The zero-order valence-corrected chi connectivity index (χ0v) is 13.6. The van der Waals surface area contributed by atoms with Crippen LogP contribution in [-0.4, -0.2) is 22.4 Å². The van der Waals surface area contributed by atoms with Crippen LogP contribution in [-0.2, 0) is 4.79 Å². The van der Waals surface area contributed by atoms with E-state index >= 15 is 0 Å². The van der Waals surface area contributed by atoms with Gasteiger partial charge in [0.1, 0.15) is 11.7 Å². The van der Waals surface area contributed by atoms with Gasteiger partial charge in [0, 0.05) is 6.04 Å². The van der Waals surface area contributed by atoms with Crippen molar-refractivity contribution in [3.05, 3.63) is 34.9 Å². The van der Waals surface area contributed by atoms with Gasteiger partial charge in [-0.25, -0.2) is 0 Å². The topological polar surface area (TPSA) is 32.3 Å². The summed E-state index contributed by atoms with van der Waals surface area (Å²) in [6.07, 6.45) is 4.19. The first kappa shape index (κ1) is 14.6. The lowest BCUT2D eigenvalue weighted by Crippen LogP contribution is -2.39. The Bertz CT molecular complexity index is 562. The number of nitrogens with zero attached hydrogens (tertiary/aromatic N) is 1. The summed E-state index contributed by atoms with van der Waals surface area (Å²) in [4.78, 5) is 14.9. The third-order valence-electron chi connectivity index (χ3n) is 4.99. The molecule has 1 saturated carbocycles. The quantitative estimate of drug-likeness (QED) is 0.919. The molecule has 0 radical (unpaired) electrons. The number of hydrogen-bond acceptors (Lipinski definition) is 2. The predicted octanol–water partition coefficient (Wildman–Crippen LogP) is 3.46. The lowest BCUT2D eigenvalue weighted by Gasteiger charge is -2.31. The van der Waals surface area contributed by atoms with E-state index in [9.17, 15) is 4.79 Å². The fourth-order valence-corrected chi connectivity index (χ4v) is 3.61. The fourth-order valence-electron chi connectivity index (χ4n) is 3.61. The first-order chi connectivity index (χ1) is 9.98. The molecule has 0 aromatic heterocycles. The lowest BCUT2D eigenvalue weighted by molar-refractivity contribution is -0.132. The highest BCUT2D eigenvalue weighted by atomic mass is 16.2. The number of carbonyl (C=O) groups is 1. The number of carbonyl (C=O) groups excluding carboxylic acids is 1. The minimum absolute atomic E-state index is 0.0437. The summed E-state index contributed by atoms with van der Waals surface area (Å²) in [6.45, 7) is 8.63.